The molecule has 1 aromatic heterocycles. The number of fused-ring (bicyclic) bond motifs is 1. The Morgan fingerprint density at radius 2 is 2.00 bits per heavy atom. The molecule has 2 heterocycles. The third-order valence-electron chi connectivity index (χ3n) is 6.08. The Morgan fingerprint density at radius 1 is 1.26 bits per heavy atom. The van der Waals surface area contributed by atoms with Gasteiger partial charge in [-0.3, -0.25) is 4.79 Å². The second kappa shape index (κ2) is 9.93. The van der Waals surface area contributed by atoms with Gasteiger partial charge in [0.1, 0.15) is 5.82 Å². The van der Waals surface area contributed by atoms with E-state index in [1.807, 2.05) is 10.6 Å². The monoisotopic (exact) mass is 501 g/mol. The smallest absolute Gasteiger partial charge is 0.252 e. The first-order chi connectivity index (χ1) is 16.2. The summed E-state index contributed by atoms with van der Waals surface area (Å²) in [6, 6.07) is 11.0. The Morgan fingerprint density at radius 3 is 2.68 bits per heavy atom. The highest BCUT2D eigenvalue weighted by Gasteiger charge is 2.33. The van der Waals surface area contributed by atoms with Crippen LogP contribution in [-0.2, 0) is 21.4 Å². The molecule has 1 aliphatic heterocycles. The fraction of sp³-hybridized carbons (Fsp3) is 0.360. The average Bonchev–Trinajstić information content (AvgIpc) is 3.15. The van der Waals surface area contributed by atoms with Gasteiger partial charge in [0.15, 0.2) is 4.80 Å². The maximum absolute atomic E-state index is 13.2. The van der Waals surface area contributed by atoms with Gasteiger partial charge in [-0.25, -0.2) is 12.8 Å². The van der Waals surface area contributed by atoms with Gasteiger partial charge in [-0.15, -0.1) is 6.58 Å². The van der Waals surface area contributed by atoms with Crippen LogP contribution in [0.25, 0.3) is 10.2 Å². The van der Waals surface area contributed by atoms with Crippen molar-refractivity contribution < 1.29 is 17.6 Å². The number of thiazole rings is 1. The Labute approximate surface area is 203 Å². The second-order valence-corrected chi connectivity index (χ2v) is 11.7. The number of nitrogens with zero attached hydrogens (tertiary/aromatic N) is 3. The van der Waals surface area contributed by atoms with Gasteiger partial charge in [-0.05, 0) is 60.7 Å². The van der Waals surface area contributed by atoms with Crippen molar-refractivity contribution in [3.05, 3.63) is 71.3 Å². The Kier molecular flexibility index (Phi) is 7.16. The van der Waals surface area contributed by atoms with Gasteiger partial charge < -0.3 is 4.57 Å². The van der Waals surface area contributed by atoms with Crippen molar-refractivity contribution in [2.75, 3.05) is 13.1 Å². The predicted octanol–water partition coefficient (Wildman–Crippen LogP) is 4.68. The molecule has 9 heteroatoms. The predicted molar refractivity (Wildman–Crippen MR) is 133 cm³/mol. The number of carbonyl (C=O) groups is 1. The van der Waals surface area contributed by atoms with Crippen LogP contribution in [0.15, 0.2) is 65.0 Å². The van der Waals surface area contributed by atoms with Crippen molar-refractivity contribution in [3.8, 4) is 0 Å². The van der Waals surface area contributed by atoms with E-state index in [2.05, 4.69) is 37.6 Å². The lowest BCUT2D eigenvalue weighted by Gasteiger charge is -2.30. The standard InChI is InChI=1S/C25H28FN3O3S2/c1-4-13-29-22-12-7-18(17(2)3)15-23(22)33-25(29)27-24(30)19-6-5-14-28(16-19)34(31,32)21-10-8-20(26)9-11-21/h4,7-12,15,17,19H,1,5-6,13-14,16H2,2-3H3. The number of allylic oxidation sites excluding steroid dienone is 1. The lowest BCUT2D eigenvalue weighted by Crippen LogP contribution is -2.42. The minimum Gasteiger partial charge on any atom is -0.313 e. The molecule has 3 aromatic rings. The molecule has 0 N–H and O–H groups in total. The molecule has 1 fully saturated rings. The van der Waals surface area contributed by atoms with E-state index in [0.717, 1.165) is 22.3 Å². The van der Waals surface area contributed by atoms with Crippen LogP contribution in [0.1, 0.15) is 38.2 Å². The van der Waals surface area contributed by atoms with Gasteiger partial charge >= 0.3 is 0 Å². The van der Waals surface area contributed by atoms with Gasteiger partial charge in [0.2, 0.25) is 10.0 Å². The van der Waals surface area contributed by atoms with E-state index in [-0.39, 0.29) is 17.3 Å². The Hall–Kier alpha value is -2.62. The maximum Gasteiger partial charge on any atom is 0.252 e. The lowest BCUT2D eigenvalue weighted by atomic mass is 9.99. The normalized spacial score (nSPS) is 18.0. The molecule has 1 unspecified atom stereocenters. The lowest BCUT2D eigenvalue weighted by molar-refractivity contribution is -0.122. The minimum absolute atomic E-state index is 0.0215. The first-order valence-corrected chi connectivity index (χ1v) is 13.5. The van der Waals surface area contributed by atoms with E-state index in [4.69, 9.17) is 0 Å². The van der Waals surface area contributed by atoms with Crippen molar-refractivity contribution in [1.29, 1.82) is 0 Å². The quantitative estimate of drug-likeness (QED) is 0.461. The molecule has 0 radical (unpaired) electrons. The van der Waals surface area contributed by atoms with Crippen LogP contribution in [0, 0.1) is 11.7 Å². The molecule has 180 valence electrons. The van der Waals surface area contributed by atoms with E-state index >= 15 is 0 Å². The summed E-state index contributed by atoms with van der Waals surface area (Å²) in [4.78, 5) is 18.2. The fourth-order valence-electron chi connectivity index (χ4n) is 4.14. The summed E-state index contributed by atoms with van der Waals surface area (Å²) in [6.45, 7) is 9.00. The molecule has 1 saturated heterocycles. The number of halogens is 1. The van der Waals surface area contributed by atoms with Gasteiger partial charge in [-0.2, -0.15) is 9.30 Å². The number of hydrogen-bond acceptors (Lipinski definition) is 4. The van der Waals surface area contributed by atoms with Crippen molar-refractivity contribution in [2.24, 2.45) is 10.9 Å². The Bertz CT molecular complexity index is 1390. The molecule has 4 rings (SSSR count). The highest BCUT2D eigenvalue weighted by molar-refractivity contribution is 7.89. The number of hydrogen-bond donors (Lipinski definition) is 0. The average molecular weight is 502 g/mol. The molecule has 0 spiro atoms. The number of piperidine rings is 1. The topological polar surface area (TPSA) is 71.7 Å². The number of aromatic nitrogens is 1. The Balaban J connectivity index is 1.63. The number of sulfonamides is 1. The summed E-state index contributed by atoms with van der Waals surface area (Å²) in [6.07, 6.45) is 2.90. The van der Waals surface area contributed by atoms with Crippen LogP contribution >= 0.6 is 11.3 Å². The minimum atomic E-state index is -3.81. The summed E-state index contributed by atoms with van der Waals surface area (Å²) in [5.74, 6) is -0.969. The van der Waals surface area contributed by atoms with Gasteiger partial charge in [0.25, 0.3) is 5.91 Å². The zero-order valence-electron chi connectivity index (χ0n) is 19.3. The summed E-state index contributed by atoms with van der Waals surface area (Å²) in [7, 11) is -3.81. The summed E-state index contributed by atoms with van der Waals surface area (Å²) < 4.78 is 43.6. The molecule has 1 aliphatic rings. The molecular formula is C25H28FN3O3S2. The number of carbonyl (C=O) groups excluding carboxylic acids is 1. The zero-order valence-corrected chi connectivity index (χ0v) is 20.9. The maximum atomic E-state index is 13.2. The number of rotatable bonds is 6. The summed E-state index contributed by atoms with van der Waals surface area (Å²) >= 11 is 1.45. The molecule has 0 aliphatic carbocycles. The number of amides is 1. The second-order valence-electron chi connectivity index (χ2n) is 8.77. The van der Waals surface area contributed by atoms with Crippen LogP contribution in [0.4, 0.5) is 4.39 Å². The highest BCUT2D eigenvalue weighted by atomic mass is 32.2. The van der Waals surface area contributed by atoms with E-state index in [1.54, 1.807) is 6.08 Å². The van der Waals surface area contributed by atoms with Gasteiger partial charge in [0.05, 0.1) is 21.0 Å². The van der Waals surface area contributed by atoms with Crippen LogP contribution in [0.5, 0.6) is 0 Å². The third-order valence-corrected chi connectivity index (χ3v) is 9.00. The van der Waals surface area contributed by atoms with Crippen molar-refractivity contribution >= 4 is 37.5 Å². The largest absolute Gasteiger partial charge is 0.313 e. The van der Waals surface area contributed by atoms with Crippen molar-refractivity contribution in [1.82, 2.24) is 8.87 Å². The van der Waals surface area contributed by atoms with E-state index in [9.17, 15) is 17.6 Å². The van der Waals surface area contributed by atoms with Crippen LogP contribution < -0.4 is 4.80 Å². The van der Waals surface area contributed by atoms with Crippen LogP contribution in [-0.4, -0.2) is 36.3 Å². The van der Waals surface area contributed by atoms with Crippen LogP contribution in [0.3, 0.4) is 0 Å². The first-order valence-electron chi connectivity index (χ1n) is 11.3. The molecule has 6 nitrogen and oxygen atoms in total. The first kappa shape index (κ1) is 24.5. The van der Waals surface area contributed by atoms with Gasteiger partial charge in [-0.1, -0.05) is 37.3 Å². The third kappa shape index (κ3) is 4.92. The van der Waals surface area contributed by atoms with E-state index in [0.29, 0.717) is 36.7 Å². The highest BCUT2D eigenvalue weighted by Crippen LogP contribution is 2.26. The fourth-order valence-corrected chi connectivity index (χ4v) is 6.76. The molecule has 1 atom stereocenters. The zero-order chi connectivity index (χ0) is 24.5. The molecule has 0 saturated carbocycles. The van der Waals surface area contributed by atoms with Crippen LogP contribution in [0.2, 0.25) is 0 Å². The van der Waals surface area contributed by atoms with E-state index < -0.39 is 21.8 Å². The molecular weight excluding hydrogens is 473 g/mol. The number of benzene rings is 2. The van der Waals surface area contributed by atoms with Gasteiger partial charge in [0, 0.05) is 19.6 Å². The molecule has 1 amide bonds. The molecule has 34 heavy (non-hydrogen) atoms. The molecule has 2 aromatic carbocycles. The van der Waals surface area contributed by atoms with Crippen molar-refractivity contribution in [2.45, 2.75) is 44.0 Å². The summed E-state index contributed by atoms with van der Waals surface area (Å²) in [5, 5.41) is 0. The SMILES string of the molecule is C=CCn1c(=NC(=O)C2CCCN(S(=O)(=O)c3ccc(F)cc3)C2)sc2cc(C(C)C)ccc21. The molecule has 0 bridgehead atoms. The summed E-state index contributed by atoms with van der Waals surface area (Å²) in [5.41, 5.74) is 2.20. The van der Waals surface area contributed by atoms with E-state index in [1.165, 1.54) is 33.3 Å². The van der Waals surface area contributed by atoms with Crippen molar-refractivity contribution in [3.63, 3.8) is 0 Å².